The molecular formula is C19H32N4O3. The third-order valence-corrected chi connectivity index (χ3v) is 5.41. The lowest BCUT2D eigenvalue weighted by Gasteiger charge is -2.38. The second kappa shape index (κ2) is 8.95. The lowest BCUT2D eigenvalue weighted by atomic mass is 9.93. The Morgan fingerprint density at radius 3 is 2.54 bits per heavy atom. The lowest BCUT2D eigenvalue weighted by Crippen LogP contribution is -2.46. The molecule has 1 amide bonds. The van der Waals surface area contributed by atoms with Crippen molar-refractivity contribution in [3.8, 4) is 0 Å². The maximum Gasteiger partial charge on any atom is 0.248 e. The van der Waals surface area contributed by atoms with Crippen LogP contribution in [0.4, 0.5) is 0 Å². The molecule has 1 N–H and O–H groups in total. The largest absolute Gasteiger partial charge is 0.381 e. The van der Waals surface area contributed by atoms with Crippen molar-refractivity contribution in [2.75, 3.05) is 26.3 Å². The van der Waals surface area contributed by atoms with Gasteiger partial charge in [0.2, 0.25) is 11.8 Å². The zero-order chi connectivity index (χ0) is 18.5. The molecule has 2 fully saturated rings. The van der Waals surface area contributed by atoms with Crippen LogP contribution in [0.5, 0.6) is 0 Å². The van der Waals surface area contributed by atoms with E-state index in [-0.39, 0.29) is 17.9 Å². The zero-order valence-electron chi connectivity index (χ0n) is 16.2. The van der Waals surface area contributed by atoms with Crippen molar-refractivity contribution in [3.63, 3.8) is 0 Å². The summed E-state index contributed by atoms with van der Waals surface area (Å²) in [6, 6.07) is 0.383. The van der Waals surface area contributed by atoms with E-state index in [1.165, 1.54) is 0 Å². The van der Waals surface area contributed by atoms with E-state index in [0.29, 0.717) is 23.7 Å². The fraction of sp³-hybridized carbons (Fsp3) is 0.842. The average molecular weight is 364 g/mol. The Bertz CT molecular complexity index is 575. The molecule has 0 unspecified atom stereocenters. The van der Waals surface area contributed by atoms with Gasteiger partial charge in [0, 0.05) is 31.6 Å². The van der Waals surface area contributed by atoms with E-state index in [1.54, 1.807) is 0 Å². The summed E-state index contributed by atoms with van der Waals surface area (Å²) in [7, 11) is 0. The van der Waals surface area contributed by atoms with Gasteiger partial charge in [-0.3, -0.25) is 4.79 Å². The first-order chi connectivity index (χ1) is 12.5. The molecule has 1 atom stereocenters. The van der Waals surface area contributed by atoms with Gasteiger partial charge in [0.15, 0.2) is 5.82 Å². The standard InChI is InChI=1S/C19H32N4O3/c1-13(2)12-17-21-19(26-22-17)14(3)20-18(24)15-4-8-23(9-5-15)16-6-10-25-11-7-16/h13-16H,4-12H2,1-3H3,(H,20,24)/t14-/m1/s1. The van der Waals surface area contributed by atoms with E-state index in [9.17, 15) is 4.79 Å². The quantitative estimate of drug-likeness (QED) is 0.834. The van der Waals surface area contributed by atoms with Crippen LogP contribution in [-0.4, -0.2) is 53.3 Å². The number of hydrogen-bond acceptors (Lipinski definition) is 6. The van der Waals surface area contributed by atoms with E-state index >= 15 is 0 Å². The van der Waals surface area contributed by atoms with Gasteiger partial charge in [-0.05, 0) is 51.6 Å². The van der Waals surface area contributed by atoms with Crippen molar-refractivity contribution in [2.45, 2.75) is 65.0 Å². The topological polar surface area (TPSA) is 80.5 Å². The zero-order valence-corrected chi connectivity index (χ0v) is 16.2. The number of nitrogens with one attached hydrogen (secondary N) is 1. The van der Waals surface area contributed by atoms with E-state index in [2.05, 4.69) is 34.2 Å². The summed E-state index contributed by atoms with van der Waals surface area (Å²) in [5.41, 5.74) is 0. The Morgan fingerprint density at radius 2 is 1.88 bits per heavy atom. The lowest BCUT2D eigenvalue weighted by molar-refractivity contribution is -0.127. The van der Waals surface area contributed by atoms with Crippen molar-refractivity contribution in [2.24, 2.45) is 11.8 Å². The summed E-state index contributed by atoms with van der Waals surface area (Å²) >= 11 is 0. The Kier molecular flexibility index (Phi) is 6.64. The summed E-state index contributed by atoms with van der Waals surface area (Å²) in [5, 5.41) is 7.06. The minimum Gasteiger partial charge on any atom is -0.381 e. The highest BCUT2D eigenvalue weighted by Crippen LogP contribution is 2.24. The minimum atomic E-state index is -0.246. The van der Waals surface area contributed by atoms with Crippen LogP contribution < -0.4 is 5.32 Å². The van der Waals surface area contributed by atoms with E-state index in [0.717, 1.165) is 58.4 Å². The van der Waals surface area contributed by atoms with Crippen molar-refractivity contribution in [1.29, 1.82) is 0 Å². The molecule has 2 saturated heterocycles. The second-order valence-electron chi connectivity index (χ2n) is 8.03. The van der Waals surface area contributed by atoms with Crippen LogP contribution in [0, 0.1) is 11.8 Å². The molecule has 0 radical (unpaired) electrons. The Morgan fingerprint density at radius 1 is 1.19 bits per heavy atom. The third-order valence-electron chi connectivity index (χ3n) is 5.41. The van der Waals surface area contributed by atoms with Crippen molar-refractivity contribution in [3.05, 3.63) is 11.7 Å². The Balaban J connectivity index is 1.45. The highest BCUT2D eigenvalue weighted by atomic mass is 16.5. The molecule has 2 aliphatic heterocycles. The molecule has 3 rings (SSSR count). The molecule has 0 spiro atoms. The maximum atomic E-state index is 12.6. The highest BCUT2D eigenvalue weighted by Gasteiger charge is 2.30. The second-order valence-corrected chi connectivity index (χ2v) is 8.03. The van der Waals surface area contributed by atoms with Crippen molar-refractivity contribution in [1.82, 2.24) is 20.4 Å². The SMILES string of the molecule is CC(C)Cc1noc([C@@H](C)NC(=O)C2CCN(C3CCOCC3)CC2)n1. The molecule has 26 heavy (non-hydrogen) atoms. The molecule has 7 heteroatoms. The summed E-state index contributed by atoms with van der Waals surface area (Å²) in [6.45, 7) is 9.87. The predicted octanol–water partition coefficient (Wildman–Crippen LogP) is 2.34. The molecule has 1 aromatic rings. The number of ether oxygens (including phenoxy) is 1. The molecule has 0 bridgehead atoms. The Hall–Kier alpha value is -1.47. The van der Waals surface area contributed by atoms with E-state index in [4.69, 9.17) is 9.26 Å². The molecule has 0 aliphatic carbocycles. The predicted molar refractivity (Wildman–Crippen MR) is 97.5 cm³/mol. The molecule has 0 aromatic carbocycles. The summed E-state index contributed by atoms with van der Waals surface area (Å²) in [6.07, 6.45) is 4.85. The van der Waals surface area contributed by atoms with Gasteiger partial charge in [-0.15, -0.1) is 0 Å². The fourth-order valence-corrected chi connectivity index (χ4v) is 3.86. The summed E-state index contributed by atoms with van der Waals surface area (Å²) in [5.74, 6) is 1.86. The molecule has 7 nitrogen and oxygen atoms in total. The first-order valence-electron chi connectivity index (χ1n) is 9.97. The number of amides is 1. The van der Waals surface area contributed by atoms with Crippen LogP contribution in [0.25, 0.3) is 0 Å². The smallest absolute Gasteiger partial charge is 0.248 e. The first kappa shape index (κ1) is 19.3. The van der Waals surface area contributed by atoms with Gasteiger partial charge in [0.05, 0.1) is 0 Å². The van der Waals surface area contributed by atoms with Gasteiger partial charge in [0.1, 0.15) is 6.04 Å². The van der Waals surface area contributed by atoms with Crippen LogP contribution in [0.3, 0.4) is 0 Å². The van der Waals surface area contributed by atoms with Crippen LogP contribution in [0.2, 0.25) is 0 Å². The number of carbonyl (C=O) groups is 1. The van der Waals surface area contributed by atoms with Crippen LogP contribution >= 0.6 is 0 Å². The average Bonchev–Trinajstić information content (AvgIpc) is 3.10. The van der Waals surface area contributed by atoms with Gasteiger partial charge in [-0.2, -0.15) is 4.98 Å². The van der Waals surface area contributed by atoms with E-state index < -0.39 is 0 Å². The summed E-state index contributed by atoms with van der Waals surface area (Å²) in [4.78, 5) is 19.6. The van der Waals surface area contributed by atoms with Crippen LogP contribution in [-0.2, 0) is 16.0 Å². The normalized spacial score (nSPS) is 21.8. The number of piperidine rings is 1. The third kappa shape index (κ3) is 5.04. The fourth-order valence-electron chi connectivity index (χ4n) is 3.86. The van der Waals surface area contributed by atoms with Gasteiger partial charge in [-0.1, -0.05) is 19.0 Å². The van der Waals surface area contributed by atoms with E-state index in [1.807, 2.05) is 6.92 Å². The van der Waals surface area contributed by atoms with Gasteiger partial charge >= 0.3 is 0 Å². The molecule has 146 valence electrons. The van der Waals surface area contributed by atoms with Gasteiger partial charge in [0.25, 0.3) is 0 Å². The van der Waals surface area contributed by atoms with Crippen molar-refractivity contribution < 1.29 is 14.1 Å². The molecule has 2 aliphatic rings. The first-order valence-corrected chi connectivity index (χ1v) is 9.97. The molecule has 1 aromatic heterocycles. The highest BCUT2D eigenvalue weighted by molar-refractivity contribution is 5.79. The minimum absolute atomic E-state index is 0.0756. The monoisotopic (exact) mass is 364 g/mol. The number of likely N-dealkylation sites (tertiary alicyclic amines) is 1. The number of aromatic nitrogens is 2. The maximum absolute atomic E-state index is 12.6. The Labute approximate surface area is 155 Å². The number of rotatable bonds is 6. The molecule has 0 saturated carbocycles. The number of carbonyl (C=O) groups excluding carboxylic acids is 1. The van der Waals surface area contributed by atoms with Crippen molar-refractivity contribution >= 4 is 5.91 Å². The molecular weight excluding hydrogens is 332 g/mol. The number of hydrogen-bond donors (Lipinski definition) is 1. The molecule has 3 heterocycles. The summed E-state index contributed by atoms with van der Waals surface area (Å²) < 4.78 is 10.8. The van der Waals surface area contributed by atoms with Crippen LogP contribution in [0.1, 0.15) is 64.2 Å². The van der Waals surface area contributed by atoms with Gasteiger partial charge < -0.3 is 19.5 Å². The van der Waals surface area contributed by atoms with Crippen LogP contribution in [0.15, 0.2) is 4.52 Å². The number of nitrogens with zero attached hydrogens (tertiary/aromatic N) is 3. The van der Waals surface area contributed by atoms with Gasteiger partial charge in [-0.25, -0.2) is 0 Å².